The van der Waals surface area contributed by atoms with Crippen LogP contribution in [0, 0.1) is 0 Å². The standard InChI is InChI=1S/C15H21NO8/c1-8-16-7-15(23-8)5-12(21-10(3)18)14(22-11(4)19)13(24-15)6-20-9(2)17/h12-14H,5-7H2,1-4H3. The molecule has 0 aliphatic carbocycles. The van der Waals surface area contributed by atoms with Gasteiger partial charge < -0.3 is 23.7 Å². The average Bonchev–Trinajstić information content (AvgIpc) is 2.79. The smallest absolute Gasteiger partial charge is 0.303 e. The fraction of sp³-hybridized carbons (Fsp3) is 0.733. The Morgan fingerprint density at radius 1 is 1.17 bits per heavy atom. The summed E-state index contributed by atoms with van der Waals surface area (Å²) >= 11 is 0. The summed E-state index contributed by atoms with van der Waals surface area (Å²) in [5.41, 5.74) is 0. The third-order valence-electron chi connectivity index (χ3n) is 3.56. The van der Waals surface area contributed by atoms with E-state index in [9.17, 15) is 14.4 Å². The van der Waals surface area contributed by atoms with Crippen LogP contribution in [-0.4, -0.2) is 61.1 Å². The molecule has 0 bridgehead atoms. The Morgan fingerprint density at radius 2 is 1.83 bits per heavy atom. The van der Waals surface area contributed by atoms with E-state index in [2.05, 4.69) is 4.99 Å². The van der Waals surface area contributed by atoms with Crippen molar-refractivity contribution in [3.63, 3.8) is 0 Å². The van der Waals surface area contributed by atoms with Crippen molar-refractivity contribution in [1.82, 2.24) is 0 Å². The van der Waals surface area contributed by atoms with Crippen LogP contribution in [0.2, 0.25) is 0 Å². The molecule has 4 unspecified atom stereocenters. The molecule has 9 heteroatoms. The lowest BCUT2D eigenvalue weighted by Crippen LogP contribution is -2.59. The van der Waals surface area contributed by atoms with Gasteiger partial charge in [-0.25, -0.2) is 4.99 Å². The van der Waals surface area contributed by atoms with Gasteiger partial charge >= 0.3 is 17.9 Å². The van der Waals surface area contributed by atoms with Crippen LogP contribution in [0.25, 0.3) is 0 Å². The molecule has 1 fully saturated rings. The molecule has 0 saturated carbocycles. The van der Waals surface area contributed by atoms with Crippen LogP contribution in [0.1, 0.15) is 34.1 Å². The lowest BCUT2D eigenvalue weighted by molar-refractivity contribution is -0.292. The molecule has 1 spiro atoms. The highest BCUT2D eigenvalue weighted by Gasteiger charge is 2.54. The molecular weight excluding hydrogens is 322 g/mol. The van der Waals surface area contributed by atoms with Crippen molar-refractivity contribution in [2.45, 2.75) is 58.2 Å². The monoisotopic (exact) mass is 343 g/mol. The Balaban J connectivity index is 2.24. The Bertz CT molecular complexity index is 560. The minimum Gasteiger partial charge on any atom is -0.463 e. The van der Waals surface area contributed by atoms with Gasteiger partial charge in [0.05, 0.1) is 6.42 Å². The van der Waals surface area contributed by atoms with E-state index in [1.54, 1.807) is 6.92 Å². The van der Waals surface area contributed by atoms with Crippen molar-refractivity contribution in [2.75, 3.05) is 13.2 Å². The quantitative estimate of drug-likeness (QED) is 0.531. The summed E-state index contributed by atoms with van der Waals surface area (Å²) in [5.74, 6) is -2.30. The van der Waals surface area contributed by atoms with Crippen molar-refractivity contribution in [1.29, 1.82) is 0 Å². The van der Waals surface area contributed by atoms with Crippen LogP contribution in [0.4, 0.5) is 0 Å². The lowest BCUT2D eigenvalue weighted by atomic mass is 9.95. The number of carbonyl (C=O) groups excluding carboxylic acids is 3. The summed E-state index contributed by atoms with van der Waals surface area (Å²) in [6, 6.07) is 0. The van der Waals surface area contributed by atoms with Crippen molar-refractivity contribution < 1.29 is 38.1 Å². The number of nitrogens with zero attached hydrogens (tertiary/aromatic N) is 1. The highest BCUT2D eigenvalue weighted by Crippen LogP contribution is 2.37. The molecular formula is C15H21NO8. The molecule has 0 aromatic heterocycles. The normalized spacial score (nSPS) is 31.8. The van der Waals surface area contributed by atoms with Crippen LogP contribution < -0.4 is 0 Å². The molecule has 1 saturated heterocycles. The average molecular weight is 343 g/mol. The first-order chi connectivity index (χ1) is 11.2. The molecule has 0 amide bonds. The van der Waals surface area contributed by atoms with E-state index in [0.717, 1.165) is 0 Å². The Morgan fingerprint density at radius 3 is 2.33 bits per heavy atom. The number of carbonyl (C=O) groups is 3. The largest absolute Gasteiger partial charge is 0.463 e. The van der Waals surface area contributed by atoms with Gasteiger partial charge in [-0.05, 0) is 0 Å². The zero-order valence-electron chi connectivity index (χ0n) is 14.1. The van der Waals surface area contributed by atoms with E-state index in [4.69, 9.17) is 23.7 Å². The first-order valence-corrected chi connectivity index (χ1v) is 7.56. The van der Waals surface area contributed by atoms with Crippen LogP contribution in [0.5, 0.6) is 0 Å². The maximum Gasteiger partial charge on any atom is 0.303 e. The molecule has 0 aromatic carbocycles. The van der Waals surface area contributed by atoms with Gasteiger partial charge in [0.1, 0.15) is 25.4 Å². The topological polar surface area (TPSA) is 110 Å². The van der Waals surface area contributed by atoms with Gasteiger partial charge in [0.25, 0.3) is 0 Å². The lowest BCUT2D eigenvalue weighted by Gasteiger charge is -2.44. The van der Waals surface area contributed by atoms with E-state index in [-0.39, 0.29) is 19.6 Å². The highest BCUT2D eigenvalue weighted by atomic mass is 16.7. The maximum absolute atomic E-state index is 11.4. The van der Waals surface area contributed by atoms with E-state index >= 15 is 0 Å². The molecule has 2 aliphatic heterocycles. The van der Waals surface area contributed by atoms with Crippen LogP contribution >= 0.6 is 0 Å². The van der Waals surface area contributed by atoms with Gasteiger partial charge in [-0.2, -0.15) is 0 Å². The van der Waals surface area contributed by atoms with E-state index in [1.165, 1.54) is 20.8 Å². The minimum absolute atomic E-state index is 0.141. The number of hydrogen-bond acceptors (Lipinski definition) is 9. The number of ether oxygens (including phenoxy) is 5. The summed E-state index contributed by atoms with van der Waals surface area (Å²) in [6.07, 6.45) is -2.43. The number of aliphatic imine (C=N–C) groups is 1. The Labute approximate surface area is 139 Å². The Hall–Kier alpha value is -2.16. The molecule has 0 N–H and O–H groups in total. The Kier molecular flexibility index (Phi) is 5.43. The second kappa shape index (κ2) is 7.16. The molecule has 2 aliphatic rings. The fourth-order valence-corrected chi connectivity index (χ4v) is 2.78. The predicted molar refractivity (Wildman–Crippen MR) is 79.0 cm³/mol. The molecule has 2 heterocycles. The third-order valence-corrected chi connectivity index (χ3v) is 3.56. The molecule has 4 atom stereocenters. The number of hydrogen-bond donors (Lipinski definition) is 0. The zero-order chi connectivity index (χ0) is 17.9. The van der Waals surface area contributed by atoms with Crippen molar-refractivity contribution in [2.24, 2.45) is 4.99 Å². The summed E-state index contributed by atoms with van der Waals surface area (Å²) in [5, 5.41) is 0. The predicted octanol–water partition coefficient (Wildman–Crippen LogP) is 0.347. The second-order valence-corrected chi connectivity index (χ2v) is 5.73. The van der Waals surface area contributed by atoms with Gasteiger partial charge in [-0.1, -0.05) is 0 Å². The van der Waals surface area contributed by atoms with Crippen LogP contribution in [0.3, 0.4) is 0 Å². The van der Waals surface area contributed by atoms with Crippen molar-refractivity contribution in [3.05, 3.63) is 0 Å². The first kappa shape index (κ1) is 18.2. The van der Waals surface area contributed by atoms with Crippen molar-refractivity contribution in [3.8, 4) is 0 Å². The van der Waals surface area contributed by atoms with Gasteiger partial charge in [0, 0.05) is 27.7 Å². The first-order valence-electron chi connectivity index (χ1n) is 7.56. The fourth-order valence-electron chi connectivity index (χ4n) is 2.78. The second-order valence-electron chi connectivity index (χ2n) is 5.73. The maximum atomic E-state index is 11.4. The zero-order valence-corrected chi connectivity index (χ0v) is 14.1. The molecule has 0 aromatic rings. The van der Waals surface area contributed by atoms with Gasteiger partial charge in [-0.3, -0.25) is 14.4 Å². The SMILES string of the molecule is CC(=O)OCC1OC2(CN=C(C)O2)CC(OC(C)=O)C1OC(C)=O. The molecule has 0 radical (unpaired) electrons. The van der Waals surface area contributed by atoms with Crippen LogP contribution in [-0.2, 0) is 38.1 Å². The van der Waals surface area contributed by atoms with Gasteiger partial charge in [-0.15, -0.1) is 0 Å². The summed E-state index contributed by atoms with van der Waals surface area (Å²) in [7, 11) is 0. The van der Waals surface area contributed by atoms with Crippen LogP contribution in [0.15, 0.2) is 4.99 Å². The number of rotatable bonds is 4. The van der Waals surface area contributed by atoms with Crippen molar-refractivity contribution >= 4 is 23.8 Å². The van der Waals surface area contributed by atoms with Gasteiger partial charge in [0.15, 0.2) is 12.0 Å². The van der Waals surface area contributed by atoms with E-state index < -0.39 is 42.0 Å². The van der Waals surface area contributed by atoms with E-state index in [1.807, 2.05) is 0 Å². The minimum atomic E-state index is -1.13. The summed E-state index contributed by atoms with van der Waals surface area (Å²) in [6.45, 7) is 5.46. The van der Waals surface area contributed by atoms with E-state index in [0.29, 0.717) is 5.90 Å². The summed E-state index contributed by atoms with van der Waals surface area (Å²) in [4.78, 5) is 38.1. The van der Waals surface area contributed by atoms with Gasteiger partial charge in [0.2, 0.25) is 5.79 Å². The molecule has 2 rings (SSSR count). The highest BCUT2D eigenvalue weighted by molar-refractivity contribution is 5.75. The molecule has 24 heavy (non-hydrogen) atoms. The molecule has 9 nitrogen and oxygen atoms in total. The number of esters is 3. The third kappa shape index (κ3) is 4.44. The molecule has 134 valence electrons. The summed E-state index contributed by atoms with van der Waals surface area (Å²) < 4.78 is 27.1.